The van der Waals surface area contributed by atoms with E-state index in [0.717, 1.165) is 17.0 Å². The predicted molar refractivity (Wildman–Crippen MR) is 86.3 cm³/mol. The Morgan fingerprint density at radius 2 is 1.86 bits per heavy atom. The van der Waals surface area contributed by atoms with Crippen LogP contribution >= 0.6 is 0 Å². The van der Waals surface area contributed by atoms with E-state index in [1.165, 1.54) is 5.70 Å². The van der Waals surface area contributed by atoms with Crippen molar-refractivity contribution in [3.8, 4) is 5.75 Å². The lowest BCUT2D eigenvalue weighted by Gasteiger charge is -2.21. The van der Waals surface area contributed by atoms with Crippen LogP contribution in [0.15, 0.2) is 53.2 Å². The molecule has 21 heavy (non-hydrogen) atoms. The number of allylic oxidation sites excluding steroid dienone is 3. The molecule has 2 aliphatic heterocycles. The Morgan fingerprint density at radius 3 is 2.48 bits per heavy atom. The van der Waals surface area contributed by atoms with Gasteiger partial charge in [0.1, 0.15) is 11.5 Å². The highest BCUT2D eigenvalue weighted by molar-refractivity contribution is 6.37. The monoisotopic (exact) mass is 281 g/mol. The van der Waals surface area contributed by atoms with E-state index in [4.69, 9.17) is 9.73 Å². The number of rotatable bonds is 2. The fourth-order valence-electron chi connectivity index (χ4n) is 2.67. The van der Waals surface area contributed by atoms with Crippen LogP contribution in [0.25, 0.3) is 0 Å². The van der Waals surface area contributed by atoms with Gasteiger partial charge in [-0.05, 0) is 24.3 Å². The summed E-state index contributed by atoms with van der Waals surface area (Å²) >= 11 is 0. The van der Waals surface area contributed by atoms with Crippen LogP contribution < -0.4 is 4.74 Å². The van der Waals surface area contributed by atoms with Crippen molar-refractivity contribution in [3.05, 3.63) is 53.8 Å². The molecule has 0 bridgehead atoms. The van der Waals surface area contributed by atoms with Crippen molar-refractivity contribution in [1.82, 2.24) is 0 Å². The van der Waals surface area contributed by atoms with Crippen LogP contribution in [0, 0.1) is 5.41 Å². The topological polar surface area (TPSA) is 24.6 Å². The van der Waals surface area contributed by atoms with Gasteiger partial charge in [-0.2, -0.15) is 4.58 Å². The van der Waals surface area contributed by atoms with Crippen molar-refractivity contribution in [2.24, 2.45) is 10.4 Å². The Bertz CT molecular complexity index is 670. The molecule has 0 radical (unpaired) electrons. The zero-order chi connectivity index (χ0) is 15.0. The SMILES string of the molecule is COc1ccc(C2=NC3C=CC=C(C(C)(C)C)[N+]3=C2)cc1. The summed E-state index contributed by atoms with van der Waals surface area (Å²) in [6.45, 7) is 6.69. The highest BCUT2D eigenvalue weighted by Crippen LogP contribution is 2.31. The first-order valence-electron chi connectivity index (χ1n) is 7.23. The molecule has 1 aromatic rings. The average Bonchev–Trinajstić information content (AvgIpc) is 2.90. The standard InChI is InChI=1S/C18H21N2O/c1-18(2,3)16-6-5-7-17-19-15(12-20(16)17)13-8-10-14(21-4)11-9-13/h5-12,17H,1-4H3/q+1. The second-order valence-electron chi connectivity index (χ2n) is 6.38. The summed E-state index contributed by atoms with van der Waals surface area (Å²) in [6, 6.07) is 8.05. The summed E-state index contributed by atoms with van der Waals surface area (Å²) in [5.74, 6) is 0.866. The molecule has 0 saturated heterocycles. The molecule has 0 fully saturated rings. The Labute approximate surface area is 126 Å². The number of aliphatic imine (C=N–C) groups is 1. The Kier molecular flexibility index (Phi) is 3.28. The number of benzene rings is 1. The van der Waals surface area contributed by atoms with E-state index in [2.05, 4.69) is 61.9 Å². The van der Waals surface area contributed by atoms with Crippen LogP contribution in [0.3, 0.4) is 0 Å². The molecule has 0 saturated carbocycles. The quantitative estimate of drug-likeness (QED) is 0.762. The number of methoxy groups -OCH3 is 1. The van der Waals surface area contributed by atoms with Gasteiger partial charge in [-0.3, -0.25) is 0 Å². The normalized spacial score (nSPS) is 20.6. The predicted octanol–water partition coefficient (Wildman–Crippen LogP) is 3.41. The van der Waals surface area contributed by atoms with Crippen molar-refractivity contribution in [3.63, 3.8) is 0 Å². The number of ether oxygens (including phenoxy) is 1. The summed E-state index contributed by atoms with van der Waals surface area (Å²) in [5, 5.41) is 0. The summed E-state index contributed by atoms with van der Waals surface area (Å²) in [5.41, 5.74) is 3.53. The molecule has 0 N–H and O–H groups in total. The summed E-state index contributed by atoms with van der Waals surface area (Å²) in [4.78, 5) is 4.82. The average molecular weight is 281 g/mol. The van der Waals surface area contributed by atoms with Crippen molar-refractivity contribution < 1.29 is 9.31 Å². The van der Waals surface area contributed by atoms with E-state index in [-0.39, 0.29) is 11.6 Å². The summed E-state index contributed by atoms with van der Waals surface area (Å²) in [7, 11) is 1.68. The number of hydrogen-bond donors (Lipinski definition) is 0. The lowest BCUT2D eigenvalue weighted by molar-refractivity contribution is -0.507. The van der Waals surface area contributed by atoms with E-state index in [0.29, 0.717) is 0 Å². The lowest BCUT2D eigenvalue weighted by atomic mass is 9.90. The first-order valence-corrected chi connectivity index (χ1v) is 7.23. The highest BCUT2D eigenvalue weighted by atomic mass is 16.5. The number of fused-ring (bicyclic) bond motifs is 1. The Hall–Kier alpha value is -2.16. The van der Waals surface area contributed by atoms with Crippen molar-refractivity contribution >= 4 is 11.9 Å². The number of hydrogen-bond acceptors (Lipinski definition) is 2. The molecule has 1 aromatic carbocycles. The van der Waals surface area contributed by atoms with Crippen LogP contribution in [0.1, 0.15) is 26.3 Å². The van der Waals surface area contributed by atoms with Gasteiger partial charge in [0.2, 0.25) is 0 Å². The molecule has 3 nitrogen and oxygen atoms in total. The van der Waals surface area contributed by atoms with Crippen LogP contribution in [0.2, 0.25) is 0 Å². The van der Waals surface area contributed by atoms with E-state index >= 15 is 0 Å². The van der Waals surface area contributed by atoms with Gasteiger partial charge in [0.25, 0.3) is 6.17 Å². The van der Waals surface area contributed by atoms with Gasteiger partial charge >= 0.3 is 0 Å². The minimum absolute atomic E-state index is 0.0846. The first kappa shape index (κ1) is 13.8. The fourth-order valence-corrected chi connectivity index (χ4v) is 2.67. The van der Waals surface area contributed by atoms with Gasteiger partial charge in [0.15, 0.2) is 11.9 Å². The minimum atomic E-state index is 0.0846. The molecule has 3 rings (SSSR count). The first-order chi connectivity index (χ1) is 9.99. The van der Waals surface area contributed by atoms with Crippen LogP contribution in [-0.2, 0) is 0 Å². The molecule has 1 unspecified atom stereocenters. The molecule has 2 aliphatic rings. The van der Waals surface area contributed by atoms with E-state index in [1.54, 1.807) is 7.11 Å². The molecule has 3 heteroatoms. The van der Waals surface area contributed by atoms with E-state index in [9.17, 15) is 0 Å². The molecule has 2 heterocycles. The molecule has 0 amide bonds. The van der Waals surface area contributed by atoms with Crippen molar-refractivity contribution in [2.45, 2.75) is 26.9 Å². The third-order valence-corrected chi connectivity index (χ3v) is 3.79. The van der Waals surface area contributed by atoms with Crippen LogP contribution in [0.4, 0.5) is 0 Å². The van der Waals surface area contributed by atoms with Gasteiger partial charge in [-0.25, -0.2) is 4.99 Å². The van der Waals surface area contributed by atoms with Gasteiger partial charge in [0.05, 0.1) is 7.11 Å². The van der Waals surface area contributed by atoms with Crippen LogP contribution in [-0.4, -0.2) is 29.8 Å². The van der Waals surface area contributed by atoms with Crippen LogP contribution in [0.5, 0.6) is 5.75 Å². The van der Waals surface area contributed by atoms with Crippen molar-refractivity contribution in [2.75, 3.05) is 7.11 Å². The molecule has 108 valence electrons. The molecule has 0 spiro atoms. The maximum atomic E-state index is 5.21. The third-order valence-electron chi connectivity index (χ3n) is 3.79. The van der Waals surface area contributed by atoms with E-state index < -0.39 is 0 Å². The van der Waals surface area contributed by atoms with Crippen molar-refractivity contribution in [1.29, 1.82) is 0 Å². The molecule has 0 aromatic heterocycles. The highest BCUT2D eigenvalue weighted by Gasteiger charge is 2.37. The number of nitrogens with zero attached hydrogens (tertiary/aromatic N) is 2. The largest absolute Gasteiger partial charge is 0.497 e. The molecular weight excluding hydrogens is 260 g/mol. The van der Waals surface area contributed by atoms with E-state index in [1.807, 2.05) is 12.1 Å². The Balaban J connectivity index is 1.95. The maximum Gasteiger partial charge on any atom is 0.271 e. The molecular formula is C18H21N2O+. The van der Waals surface area contributed by atoms with Gasteiger partial charge in [-0.15, -0.1) is 0 Å². The van der Waals surface area contributed by atoms with Gasteiger partial charge < -0.3 is 4.74 Å². The molecule has 1 atom stereocenters. The summed E-state index contributed by atoms with van der Waals surface area (Å²) < 4.78 is 7.47. The Morgan fingerprint density at radius 1 is 1.14 bits per heavy atom. The fraction of sp³-hybridized carbons (Fsp3) is 0.333. The zero-order valence-electron chi connectivity index (χ0n) is 13.0. The summed E-state index contributed by atoms with van der Waals surface area (Å²) in [6.07, 6.45) is 8.64. The second kappa shape index (κ2) is 4.99. The maximum absolute atomic E-state index is 5.21. The minimum Gasteiger partial charge on any atom is -0.497 e. The smallest absolute Gasteiger partial charge is 0.271 e. The third kappa shape index (κ3) is 2.56. The lowest BCUT2D eigenvalue weighted by Crippen LogP contribution is -2.29. The van der Waals surface area contributed by atoms with Gasteiger partial charge in [-0.1, -0.05) is 26.8 Å². The molecule has 0 aliphatic carbocycles. The zero-order valence-corrected chi connectivity index (χ0v) is 13.0. The van der Waals surface area contributed by atoms with Gasteiger partial charge in [0, 0.05) is 23.1 Å². The second-order valence-corrected chi connectivity index (χ2v) is 6.38.